The number of hydrogen-bond acceptors (Lipinski definition) is 6. The number of nitrogens with one attached hydrogen (secondary N) is 1. The molecular weight excluding hydrogens is 416 g/mol. The minimum atomic E-state index is 0.000921. The lowest BCUT2D eigenvalue weighted by atomic mass is 10.1. The van der Waals surface area contributed by atoms with Crippen LogP contribution >= 0.6 is 0 Å². The molecule has 0 unspecified atom stereocenters. The number of aromatic amines is 1. The van der Waals surface area contributed by atoms with Gasteiger partial charge in [-0.1, -0.05) is 46.6 Å². The summed E-state index contributed by atoms with van der Waals surface area (Å²) in [5.41, 5.74) is 4.71. The molecule has 5 rings (SSSR count). The number of carbonyl (C=O) groups excluding carboxylic acids is 1. The van der Waals surface area contributed by atoms with Crippen molar-refractivity contribution in [3.05, 3.63) is 65.2 Å². The van der Waals surface area contributed by atoms with E-state index in [2.05, 4.69) is 32.2 Å². The minimum absolute atomic E-state index is 0.000921. The monoisotopic (exact) mass is 444 g/mol. The predicted octanol–water partition coefficient (Wildman–Crippen LogP) is 3.62. The largest absolute Gasteiger partial charge is 0.339 e. The van der Waals surface area contributed by atoms with E-state index >= 15 is 0 Å². The van der Waals surface area contributed by atoms with Crippen LogP contribution in [0.5, 0.6) is 0 Å². The highest BCUT2D eigenvalue weighted by Crippen LogP contribution is 2.20. The Balaban J connectivity index is 1.10. The van der Waals surface area contributed by atoms with Gasteiger partial charge >= 0.3 is 0 Å². The summed E-state index contributed by atoms with van der Waals surface area (Å²) in [7, 11) is 0. The Morgan fingerprint density at radius 1 is 1.03 bits per heavy atom. The third-order valence-corrected chi connectivity index (χ3v) is 6.22. The van der Waals surface area contributed by atoms with Crippen LogP contribution in [0.1, 0.15) is 33.9 Å². The van der Waals surface area contributed by atoms with Crippen molar-refractivity contribution >= 4 is 16.8 Å². The maximum absolute atomic E-state index is 13.0. The number of carbonyl (C=O) groups is 1. The second-order valence-corrected chi connectivity index (χ2v) is 8.74. The van der Waals surface area contributed by atoms with Gasteiger partial charge in [0.25, 0.3) is 5.91 Å². The number of amides is 1. The topological polar surface area (TPSA) is 91.2 Å². The van der Waals surface area contributed by atoms with Gasteiger partial charge in [0, 0.05) is 43.5 Å². The molecule has 1 fully saturated rings. The van der Waals surface area contributed by atoms with Gasteiger partial charge in [0.2, 0.25) is 11.7 Å². The van der Waals surface area contributed by atoms with Crippen LogP contribution in [0.4, 0.5) is 0 Å². The Morgan fingerprint density at radius 3 is 2.58 bits per heavy atom. The highest BCUT2D eigenvalue weighted by molar-refractivity contribution is 6.04. The van der Waals surface area contributed by atoms with E-state index in [1.807, 2.05) is 54.3 Å². The van der Waals surface area contributed by atoms with Crippen molar-refractivity contribution in [2.45, 2.75) is 26.7 Å². The summed E-state index contributed by atoms with van der Waals surface area (Å²) in [6.07, 6.45) is 1.68. The van der Waals surface area contributed by atoms with Gasteiger partial charge in [-0.3, -0.25) is 14.8 Å². The summed E-state index contributed by atoms with van der Waals surface area (Å²) in [6, 6.07) is 14.1. The van der Waals surface area contributed by atoms with E-state index < -0.39 is 0 Å². The number of aromatic nitrogens is 4. The van der Waals surface area contributed by atoms with Crippen LogP contribution in [0.2, 0.25) is 0 Å². The standard InChI is InChI=1S/C25H28N6O2/c1-17-5-8-19(9-6-17)24-26-22(33-29-24)4-3-11-30-12-14-31(15-13-30)25(32)23-20-16-18(2)7-10-21(20)27-28-23/h5-10,16H,3-4,11-15H2,1-2H3,(H,27,28). The van der Waals surface area contributed by atoms with E-state index in [0.29, 0.717) is 30.5 Å². The number of nitrogens with zero attached hydrogens (tertiary/aromatic N) is 5. The zero-order valence-corrected chi connectivity index (χ0v) is 19.0. The Bertz CT molecular complexity index is 1250. The average molecular weight is 445 g/mol. The summed E-state index contributed by atoms with van der Waals surface area (Å²) in [6.45, 7) is 8.14. The Morgan fingerprint density at radius 2 is 1.79 bits per heavy atom. The first-order chi connectivity index (χ1) is 16.1. The first-order valence-electron chi connectivity index (χ1n) is 11.4. The second kappa shape index (κ2) is 9.15. The van der Waals surface area contributed by atoms with Gasteiger partial charge < -0.3 is 9.42 Å². The highest BCUT2D eigenvalue weighted by atomic mass is 16.5. The summed E-state index contributed by atoms with van der Waals surface area (Å²) >= 11 is 0. The molecule has 0 aliphatic carbocycles. The third-order valence-electron chi connectivity index (χ3n) is 6.22. The molecule has 33 heavy (non-hydrogen) atoms. The molecule has 3 heterocycles. The van der Waals surface area contributed by atoms with E-state index in [1.165, 1.54) is 5.56 Å². The van der Waals surface area contributed by atoms with Crippen LogP contribution in [-0.2, 0) is 6.42 Å². The molecule has 4 aromatic rings. The molecule has 8 nitrogen and oxygen atoms in total. The van der Waals surface area contributed by atoms with Gasteiger partial charge in [-0.25, -0.2) is 0 Å². The van der Waals surface area contributed by atoms with E-state index in [9.17, 15) is 4.79 Å². The van der Waals surface area contributed by atoms with Crippen molar-refractivity contribution in [1.29, 1.82) is 0 Å². The normalized spacial score (nSPS) is 14.8. The fraction of sp³-hybridized carbons (Fsp3) is 0.360. The smallest absolute Gasteiger partial charge is 0.275 e. The van der Waals surface area contributed by atoms with E-state index in [1.54, 1.807) is 0 Å². The van der Waals surface area contributed by atoms with Gasteiger partial charge in [-0.15, -0.1) is 0 Å². The SMILES string of the molecule is Cc1ccc(-c2noc(CCCN3CCN(C(=O)c4n[nH]c5ccc(C)cc45)CC3)n2)cc1. The Kier molecular flexibility index (Phi) is 5.92. The van der Waals surface area contributed by atoms with Gasteiger partial charge in [0.1, 0.15) is 0 Å². The first-order valence-corrected chi connectivity index (χ1v) is 11.4. The molecule has 0 atom stereocenters. The number of piperazine rings is 1. The fourth-order valence-electron chi connectivity index (χ4n) is 4.25. The zero-order chi connectivity index (χ0) is 22.8. The molecule has 1 aliphatic heterocycles. The molecule has 170 valence electrons. The second-order valence-electron chi connectivity index (χ2n) is 8.74. The van der Waals surface area contributed by atoms with Gasteiger partial charge in [0.15, 0.2) is 5.69 Å². The number of benzene rings is 2. The Labute approximate surface area is 192 Å². The minimum Gasteiger partial charge on any atom is -0.339 e. The van der Waals surface area contributed by atoms with E-state index in [0.717, 1.165) is 54.5 Å². The first kappa shape index (κ1) is 21.3. The maximum Gasteiger partial charge on any atom is 0.275 e. The van der Waals surface area contributed by atoms with Crippen LogP contribution in [0.25, 0.3) is 22.3 Å². The van der Waals surface area contributed by atoms with Crippen molar-refractivity contribution in [3.63, 3.8) is 0 Å². The molecule has 2 aromatic heterocycles. The molecule has 1 aliphatic rings. The van der Waals surface area contributed by atoms with Crippen LogP contribution in [0.15, 0.2) is 47.0 Å². The molecule has 0 radical (unpaired) electrons. The summed E-state index contributed by atoms with van der Waals surface area (Å²) < 4.78 is 5.43. The molecule has 1 saturated heterocycles. The molecule has 0 saturated carbocycles. The number of fused-ring (bicyclic) bond motifs is 1. The number of rotatable bonds is 6. The maximum atomic E-state index is 13.0. The van der Waals surface area contributed by atoms with Gasteiger partial charge in [-0.2, -0.15) is 10.1 Å². The van der Waals surface area contributed by atoms with Crippen molar-refractivity contribution in [2.75, 3.05) is 32.7 Å². The zero-order valence-electron chi connectivity index (χ0n) is 19.0. The van der Waals surface area contributed by atoms with Crippen LogP contribution in [0.3, 0.4) is 0 Å². The average Bonchev–Trinajstić information content (AvgIpc) is 3.47. The van der Waals surface area contributed by atoms with Gasteiger partial charge in [-0.05, 0) is 38.9 Å². The van der Waals surface area contributed by atoms with Crippen LogP contribution < -0.4 is 0 Å². The molecule has 1 N–H and O–H groups in total. The fourth-order valence-corrected chi connectivity index (χ4v) is 4.25. The molecular formula is C25H28N6O2. The van der Waals surface area contributed by atoms with Crippen molar-refractivity contribution < 1.29 is 9.32 Å². The van der Waals surface area contributed by atoms with Crippen molar-refractivity contribution in [1.82, 2.24) is 30.1 Å². The summed E-state index contributed by atoms with van der Waals surface area (Å²) in [5.74, 6) is 1.30. The van der Waals surface area contributed by atoms with Gasteiger partial charge in [0.05, 0.1) is 5.52 Å². The van der Waals surface area contributed by atoms with E-state index in [4.69, 9.17) is 4.52 Å². The molecule has 8 heteroatoms. The number of hydrogen-bond donors (Lipinski definition) is 1. The molecule has 0 spiro atoms. The lowest BCUT2D eigenvalue weighted by molar-refractivity contribution is 0.0631. The number of aryl methyl sites for hydroxylation is 3. The quantitative estimate of drug-likeness (QED) is 0.488. The summed E-state index contributed by atoms with van der Waals surface area (Å²) in [4.78, 5) is 21.8. The molecule has 1 amide bonds. The summed E-state index contributed by atoms with van der Waals surface area (Å²) in [5, 5.41) is 12.3. The highest BCUT2D eigenvalue weighted by Gasteiger charge is 2.25. The Hall–Kier alpha value is -3.52. The van der Waals surface area contributed by atoms with Crippen molar-refractivity contribution in [2.24, 2.45) is 0 Å². The van der Waals surface area contributed by atoms with Crippen LogP contribution in [-0.4, -0.2) is 68.8 Å². The lowest BCUT2D eigenvalue weighted by Gasteiger charge is -2.34. The predicted molar refractivity (Wildman–Crippen MR) is 126 cm³/mol. The molecule has 0 bridgehead atoms. The van der Waals surface area contributed by atoms with Crippen LogP contribution in [0, 0.1) is 13.8 Å². The van der Waals surface area contributed by atoms with Crippen molar-refractivity contribution in [3.8, 4) is 11.4 Å². The van der Waals surface area contributed by atoms with E-state index in [-0.39, 0.29) is 5.91 Å². The lowest BCUT2D eigenvalue weighted by Crippen LogP contribution is -2.49. The third kappa shape index (κ3) is 4.66. The number of H-pyrrole nitrogens is 1. The molecule has 2 aromatic carbocycles.